The maximum absolute atomic E-state index is 5.39. The van der Waals surface area contributed by atoms with Crippen LogP contribution in [0.25, 0.3) is 137 Å². The highest BCUT2D eigenvalue weighted by Crippen LogP contribution is 2.43. The minimum atomic E-state index is 0.607. The van der Waals surface area contributed by atoms with Crippen molar-refractivity contribution in [3.63, 3.8) is 0 Å². The Hall–Kier alpha value is -9.03. The minimum absolute atomic E-state index is 0.607. The van der Waals surface area contributed by atoms with Gasteiger partial charge in [0, 0.05) is 53.3 Å². The minimum Gasteiger partial charge on any atom is -0.309 e. The van der Waals surface area contributed by atoms with Gasteiger partial charge in [-0.3, -0.25) is 0 Å². The van der Waals surface area contributed by atoms with Crippen LogP contribution < -0.4 is 0 Å². The molecule has 11 aromatic carbocycles. The Bertz CT molecular complexity index is 4220. The molecule has 0 atom stereocenters. The molecule has 3 aromatic heterocycles. The Morgan fingerprint density at radius 1 is 0.286 bits per heavy atom. The molecular formula is C65H40N4S. The molecule has 0 radical (unpaired) electrons. The first-order chi connectivity index (χ1) is 34.7. The molecule has 0 aliphatic heterocycles. The van der Waals surface area contributed by atoms with Gasteiger partial charge in [0.1, 0.15) is 0 Å². The predicted molar refractivity (Wildman–Crippen MR) is 295 cm³/mol. The van der Waals surface area contributed by atoms with E-state index in [9.17, 15) is 0 Å². The van der Waals surface area contributed by atoms with Crippen molar-refractivity contribution >= 4 is 74.9 Å². The maximum Gasteiger partial charge on any atom is 0.164 e. The van der Waals surface area contributed by atoms with Crippen LogP contribution in [0.3, 0.4) is 0 Å². The molecule has 326 valence electrons. The van der Waals surface area contributed by atoms with Gasteiger partial charge in [0.25, 0.3) is 0 Å². The second-order valence-corrected chi connectivity index (χ2v) is 19.0. The van der Waals surface area contributed by atoms with E-state index in [2.05, 4.69) is 235 Å². The summed E-state index contributed by atoms with van der Waals surface area (Å²) >= 11 is 1.83. The second-order valence-electron chi connectivity index (χ2n) is 18.0. The van der Waals surface area contributed by atoms with Gasteiger partial charge < -0.3 is 4.57 Å². The van der Waals surface area contributed by atoms with Crippen molar-refractivity contribution in [2.45, 2.75) is 0 Å². The standard InChI is InChI=1S/C65H40N4S/c1-3-13-41(14-4-1)43-23-27-46(28-24-43)63-66-64(47-29-25-44(26-30-47)42-15-5-2-6-16-42)68-65(67-63)54-34-33-51(40-55(54)50-32-36-61-56(38-50)53-21-11-12-22-60(53)70-61)69-58-35-31-45-17-9-10-20-52(45)62(58)57-37-48-18-7-8-19-49(48)39-59(57)69/h1-40H. The Kier molecular flexibility index (Phi) is 9.36. The molecule has 3 heterocycles. The summed E-state index contributed by atoms with van der Waals surface area (Å²) in [6, 6.07) is 87.2. The summed E-state index contributed by atoms with van der Waals surface area (Å²) in [6.07, 6.45) is 0. The zero-order valence-electron chi connectivity index (χ0n) is 37.8. The van der Waals surface area contributed by atoms with Crippen molar-refractivity contribution in [1.82, 2.24) is 19.5 Å². The van der Waals surface area contributed by atoms with Crippen LogP contribution in [0.5, 0.6) is 0 Å². The smallest absolute Gasteiger partial charge is 0.164 e. The highest BCUT2D eigenvalue weighted by molar-refractivity contribution is 7.25. The largest absolute Gasteiger partial charge is 0.309 e. The average Bonchev–Trinajstić information content (AvgIpc) is 3.98. The van der Waals surface area contributed by atoms with E-state index in [1.54, 1.807) is 0 Å². The van der Waals surface area contributed by atoms with Crippen LogP contribution in [-0.4, -0.2) is 19.5 Å². The van der Waals surface area contributed by atoms with E-state index in [1.165, 1.54) is 52.5 Å². The Morgan fingerprint density at radius 3 is 1.50 bits per heavy atom. The summed E-state index contributed by atoms with van der Waals surface area (Å²) in [5.41, 5.74) is 12.8. The van der Waals surface area contributed by atoms with Gasteiger partial charge in [0.05, 0.1) is 11.0 Å². The van der Waals surface area contributed by atoms with E-state index in [0.29, 0.717) is 17.5 Å². The normalized spacial score (nSPS) is 11.7. The molecule has 14 aromatic rings. The summed E-state index contributed by atoms with van der Waals surface area (Å²) in [4.78, 5) is 16.0. The van der Waals surface area contributed by atoms with Crippen molar-refractivity contribution in [3.8, 4) is 73.2 Å². The summed E-state index contributed by atoms with van der Waals surface area (Å²) in [6.45, 7) is 0. The lowest BCUT2D eigenvalue weighted by molar-refractivity contribution is 1.07. The molecule has 0 N–H and O–H groups in total. The van der Waals surface area contributed by atoms with E-state index in [4.69, 9.17) is 15.0 Å². The Balaban J connectivity index is 1.01. The molecule has 4 nitrogen and oxygen atoms in total. The monoisotopic (exact) mass is 908 g/mol. The summed E-state index contributed by atoms with van der Waals surface area (Å²) in [5.74, 6) is 1.83. The highest BCUT2D eigenvalue weighted by atomic mass is 32.1. The molecule has 0 fully saturated rings. The number of hydrogen-bond acceptors (Lipinski definition) is 4. The van der Waals surface area contributed by atoms with Gasteiger partial charge in [-0.2, -0.15) is 0 Å². The molecule has 0 bridgehead atoms. The van der Waals surface area contributed by atoms with Gasteiger partial charge in [0.15, 0.2) is 17.5 Å². The first-order valence-electron chi connectivity index (χ1n) is 23.7. The van der Waals surface area contributed by atoms with Gasteiger partial charge in [-0.1, -0.05) is 188 Å². The van der Waals surface area contributed by atoms with Crippen molar-refractivity contribution in [1.29, 1.82) is 0 Å². The molecule has 0 amide bonds. The van der Waals surface area contributed by atoms with Gasteiger partial charge in [-0.25, -0.2) is 15.0 Å². The summed E-state index contributed by atoms with van der Waals surface area (Å²) < 4.78 is 4.98. The first kappa shape index (κ1) is 40.1. The third-order valence-electron chi connectivity index (χ3n) is 13.8. The van der Waals surface area contributed by atoms with E-state index < -0.39 is 0 Å². The lowest BCUT2D eigenvalue weighted by atomic mass is 9.96. The van der Waals surface area contributed by atoms with E-state index in [1.807, 2.05) is 23.5 Å². The zero-order chi connectivity index (χ0) is 46.1. The topological polar surface area (TPSA) is 43.6 Å². The molecule has 5 heteroatoms. The molecule has 0 saturated carbocycles. The molecule has 0 spiro atoms. The third kappa shape index (κ3) is 6.78. The van der Waals surface area contributed by atoms with Gasteiger partial charge >= 0.3 is 0 Å². The van der Waals surface area contributed by atoms with Crippen molar-refractivity contribution in [2.24, 2.45) is 0 Å². The van der Waals surface area contributed by atoms with Crippen LogP contribution >= 0.6 is 11.3 Å². The molecule has 14 rings (SSSR count). The van der Waals surface area contributed by atoms with Crippen molar-refractivity contribution in [2.75, 3.05) is 0 Å². The van der Waals surface area contributed by atoms with Gasteiger partial charge in [-0.15, -0.1) is 11.3 Å². The molecule has 0 saturated heterocycles. The second kappa shape index (κ2) is 16.3. The van der Waals surface area contributed by atoms with Crippen LogP contribution in [0.4, 0.5) is 0 Å². The molecule has 0 aliphatic rings. The Morgan fingerprint density at radius 2 is 0.814 bits per heavy atom. The third-order valence-corrected chi connectivity index (χ3v) is 15.0. The number of fused-ring (bicyclic) bond motifs is 9. The Labute approximate surface area is 408 Å². The first-order valence-corrected chi connectivity index (χ1v) is 24.5. The van der Waals surface area contributed by atoms with E-state index in [0.717, 1.165) is 66.8 Å². The SMILES string of the molecule is c1ccc(-c2ccc(-c3nc(-c4ccc(-c5ccccc5)cc4)nc(-c4ccc(-n5c6cc7ccccc7cc6c6c7ccccc7ccc65)cc4-c4ccc5sc6ccccc6c5c4)n3)cc2)cc1. The fourth-order valence-electron chi connectivity index (χ4n) is 10.4. The van der Waals surface area contributed by atoms with Crippen LogP contribution in [-0.2, 0) is 0 Å². The van der Waals surface area contributed by atoms with E-state index in [-0.39, 0.29) is 0 Å². The number of thiophene rings is 1. The van der Waals surface area contributed by atoms with Crippen LogP contribution in [0, 0.1) is 0 Å². The average molecular weight is 909 g/mol. The fourth-order valence-corrected chi connectivity index (χ4v) is 11.5. The highest BCUT2D eigenvalue weighted by Gasteiger charge is 2.21. The molecule has 0 aliphatic carbocycles. The molecular weight excluding hydrogens is 869 g/mol. The van der Waals surface area contributed by atoms with Crippen LogP contribution in [0.2, 0.25) is 0 Å². The van der Waals surface area contributed by atoms with Gasteiger partial charge in [0.2, 0.25) is 0 Å². The zero-order valence-corrected chi connectivity index (χ0v) is 38.6. The quantitative estimate of drug-likeness (QED) is 0.160. The van der Waals surface area contributed by atoms with Crippen LogP contribution in [0.15, 0.2) is 243 Å². The van der Waals surface area contributed by atoms with Crippen LogP contribution in [0.1, 0.15) is 0 Å². The summed E-state index contributed by atoms with van der Waals surface area (Å²) in [7, 11) is 0. The number of benzene rings is 11. The van der Waals surface area contributed by atoms with E-state index >= 15 is 0 Å². The number of rotatable bonds is 7. The lowest BCUT2D eigenvalue weighted by Gasteiger charge is -2.16. The predicted octanol–water partition coefficient (Wildman–Crippen LogP) is 17.6. The number of hydrogen-bond donors (Lipinski definition) is 0. The molecule has 70 heavy (non-hydrogen) atoms. The fraction of sp³-hybridized carbons (Fsp3) is 0. The lowest BCUT2D eigenvalue weighted by Crippen LogP contribution is -2.02. The van der Waals surface area contributed by atoms with Crippen molar-refractivity contribution < 1.29 is 0 Å². The number of nitrogens with zero attached hydrogens (tertiary/aromatic N) is 4. The van der Waals surface area contributed by atoms with Crippen molar-refractivity contribution in [3.05, 3.63) is 243 Å². The van der Waals surface area contributed by atoms with Gasteiger partial charge in [-0.05, 0) is 110 Å². The molecule has 0 unspecified atom stereocenters. The number of aromatic nitrogens is 4. The summed E-state index contributed by atoms with van der Waals surface area (Å²) in [5, 5.41) is 9.85. The maximum atomic E-state index is 5.39.